The first-order valence-corrected chi connectivity index (χ1v) is 7.17. The Labute approximate surface area is 141 Å². The van der Waals surface area contributed by atoms with Gasteiger partial charge in [-0.25, -0.2) is 4.79 Å². The first kappa shape index (κ1) is 18.5. The van der Waals surface area contributed by atoms with Crippen molar-refractivity contribution in [1.29, 1.82) is 0 Å². The van der Waals surface area contributed by atoms with E-state index in [4.69, 9.17) is 11.6 Å². The largest absolute Gasteiger partial charge is 0.340 e. The zero-order valence-electron chi connectivity index (χ0n) is 12.6. The molecule has 1 saturated heterocycles. The normalized spacial score (nSPS) is 13.6. The third-order valence-corrected chi connectivity index (χ3v) is 3.70. The van der Waals surface area contributed by atoms with Gasteiger partial charge < -0.3 is 15.5 Å². The summed E-state index contributed by atoms with van der Waals surface area (Å²) in [5.74, 6) is -0.0947. The number of halogens is 2. The van der Waals surface area contributed by atoms with E-state index in [0.717, 1.165) is 6.54 Å². The summed E-state index contributed by atoms with van der Waals surface area (Å²) in [5.41, 5.74) is 1.09. The molecule has 0 aliphatic carbocycles. The van der Waals surface area contributed by atoms with Crippen molar-refractivity contribution < 1.29 is 9.59 Å². The molecule has 0 bridgehead atoms. The summed E-state index contributed by atoms with van der Waals surface area (Å²) in [6, 6.07) is 4.82. The van der Waals surface area contributed by atoms with Crippen molar-refractivity contribution >= 4 is 41.6 Å². The minimum Gasteiger partial charge on any atom is -0.340 e. The molecule has 8 heteroatoms. The fraction of sp³-hybridized carbons (Fsp3) is 0.429. The quantitative estimate of drug-likeness (QED) is 0.850. The summed E-state index contributed by atoms with van der Waals surface area (Å²) in [7, 11) is 3.58. The molecule has 1 heterocycles. The molecule has 3 amide bonds. The molecule has 122 valence electrons. The number of likely N-dealkylation sites (N-methyl/N-ethyl adjacent to an activating group) is 2. The van der Waals surface area contributed by atoms with Crippen molar-refractivity contribution in [2.45, 2.75) is 0 Å². The lowest BCUT2D eigenvalue weighted by molar-refractivity contribution is 0.0797. The van der Waals surface area contributed by atoms with Crippen LogP contribution in [0.1, 0.15) is 10.4 Å². The smallest absolute Gasteiger partial charge is 0.322 e. The Hall–Kier alpha value is -1.50. The van der Waals surface area contributed by atoms with Crippen LogP contribution in [0, 0.1) is 0 Å². The summed E-state index contributed by atoms with van der Waals surface area (Å²) in [5, 5.41) is 6.18. The van der Waals surface area contributed by atoms with Gasteiger partial charge in [0.15, 0.2) is 0 Å². The highest BCUT2D eigenvalue weighted by Crippen LogP contribution is 2.28. The molecule has 0 atom stereocenters. The number of carbonyl (C=O) groups excluding carboxylic acids is 2. The van der Waals surface area contributed by atoms with Gasteiger partial charge in [0.2, 0.25) is 0 Å². The van der Waals surface area contributed by atoms with Crippen molar-refractivity contribution in [2.75, 3.05) is 45.2 Å². The Bertz CT molecular complexity index is 554. The van der Waals surface area contributed by atoms with E-state index in [1.54, 1.807) is 35.0 Å². The van der Waals surface area contributed by atoms with Crippen LogP contribution < -0.4 is 15.5 Å². The van der Waals surface area contributed by atoms with Gasteiger partial charge >= 0.3 is 6.03 Å². The molecule has 1 aliphatic heterocycles. The van der Waals surface area contributed by atoms with Crippen LogP contribution >= 0.6 is 24.0 Å². The number of hydrogen-bond donors (Lipinski definition) is 2. The van der Waals surface area contributed by atoms with Crippen LogP contribution in [-0.2, 0) is 0 Å². The van der Waals surface area contributed by atoms with E-state index in [9.17, 15) is 9.59 Å². The number of benzene rings is 1. The molecule has 22 heavy (non-hydrogen) atoms. The first-order valence-electron chi connectivity index (χ1n) is 6.79. The monoisotopic (exact) mass is 346 g/mol. The zero-order chi connectivity index (χ0) is 15.4. The predicted octanol–water partition coefficient (Wildman–Crippen LogP) is 1.58. The third-order valence-electron chi connectivity index (χ3n) is 3.38. The van der Waals surface area contributed by atoms with Crippen LogP contribution in [0.25, 0.3) is 0 Å². The summed E-state index contributed by atoms with van der Waals surface area (Å²) < 4.78 is 0. The average Bonchev–Trinajstić information content (AvgIpc) is 2.90. The van der Waals surface area contributed by atoms with Crippen molar-refractivity contribution in [1.82, 2.24) is 15.5 Å². The Kier molecular flexibility index (Phi) is 6.93. The molecule has 1 fully saturated rings. The second-order valence-corrected chi connectivity index (χ2v) is 5.29. The maximum atomic E-state index is 12.3. The van der Waals surface area contributed by atoms with Crippen molar-refractivity contribution in [3.05, 3.63) is 28.8 Å². The number of amides is 3. The van der Waals surface area contributed by atoms with Crippen LogP contribution in [0.15, 0.2) is 18.2 Å². The number of nitrogens with zero attached hydrogens (tertiary/aromatic N) is 2. The molecule has 0 saturated carbocycles. The minimum atomic E-state index is -0.190. The Morgan fingerprint density at radius 3 is 2.82 bits per heavy atom. The molecule has 1 aromatic rings. The predicted molar refractivity (Wildman–Crippen MR) is 90.3 cm³/mol. The van der Waals surface area contributed by atoms with Crippen molar-refractivity contribution in [3.63, 3.8) is 0 Å². The topological polar surface area (TPSA) is 64.7 Å². The van der Waals surface area contributed by atoms with Gasteiger partial charge in [-0.1, -0.05) is 11.6 Å². The second kappa shape index (κ2) is 8.22. The summed E-state index contributed by atoms with van der Waals surface area (Å²) in [6.07, 6.45) is 0. The summed E-state index contributed by atoms with van der Waals surface area (Å²) >= 11 is 6.15. The van der Waals surface area contributed by atoms with Gasteiger partial charge in [-0.15, -0.1) is 12.4 Å². The number of anilines is 1. The first-order chi connectivity index (χ1) is 10.0. The van der Waals surface area contributed by atoms with Crippen molar-refractivity contribution in [2.24, 2.45) is 0 Å². The minimum absolute atomic E-state index is 0. The van der Waals surface area contributed by atoms with E-state index in [2.05, 4.69) is 10.6 Å². The molecule has 2 rings (SSSR count). The van der Waals surface area contributed by atoms with Gasteiger partial charge in [0.05, 0.1) is 10.7 Å². The second-order valence-electron chi connectivity index (χ2n) is 4.88. The third kappa shape index (κ3) is 4.03. The molecule has 1 aromatic carbocycles. The van der Waals surface area contributed by atoms with Gasteiger partial charge in [0.1, 0.15) is 0 Å². The van der Waals surface area contributed by atoms with Gasteiger partial charge in [-0.05, 0) is 25.2 Å². The number of urea groups is 1. The Morgan fingerprint density at radius 1 is 1.50 bits per heavy atom. The lowest BCUT2D eigenvalue weighted by atomic mass is 10.1. The van der Waals surface area contributed by atoms with E-state index in [1.807, 2.05) is 7.05 Å². The van der Waals surface area contributed by atoms with E-state index in [1.165, 1.54) is 0 Å². The molecule has 0 aromatic heterocycles. The Morgan fingerprint density at radius 2 is 2.23 bits per heavy atom. The highest BCUT2D eigenvalue weighted by molar-refractivity contribution is 6.34. The number of carbonyl (C=O) groups is 2. The lowest BCUT2D eigenvalue weighted by Crippen LogP contribution is -2.33. The number of nitrogens with one attached hydrogen (secondary N) is 2. The molecule has 0 unspecified atom stereocenters. The standard InChI is InChI=1S/C14H19ClN4O2.ClH/c1-16-5-7-18(2)13(20)10-3-4-11(15)12(9-10)19-8-6-17-14(19)21;/h3-4,9,16H,5-8H2,1-2H3,(H,17,21);1H. The Balaban J connectivity index is 0.00000242. The fourth-order valence-corrected chi connectivity index (χ4v) is 2.38. The van der Waals surface area contributed by atoms with E-state index < -0.39 is 0 Å². The van der Waals surface area contributed by atoms with Gasteiger partial charge in [-0.3, -0.25) is 9.69 Å². The zero-order valence-corrected chi connectivity index (χ0v) is 14.1. The molecular formula is C14H20Cl2N4O2. The van der Waals surface area contributed by atoms with E-state index >= 15 is 0 Å². The number of hydrogen-bond acceptors (Lipinski definition) is 3. The highest BCUT2D eigenvalue weighted by atomic mass is 35.5. The average molecular weight is 347 g/mol. The van der Waals surface area contributed by atoms with Crippen LogP contribution in [0.5, 0.6) is 0 Å². The van der Waals surface area contributed by atoms with Crippen LogP contribution in [0.2, 0.25) is 5.02 Å². The maximum Gasteiger partial charge on any atom is 0.322 e. The molecule has 1 aliphatic rings. The highest BCUT2D eigenvalue weighted by Gasteiger charge is 2.24. The van der Waals surface area contributed by atoms with Crippen molar-refractivity contribution in [3.8, 4) is 0 Å². The lowest BCUT2D eigenvalue weighted by Gasteiger charge is -2.20. The molecular weight excluding hydrogens is 327 g/mol. The van der Waals surface area contributed by atoms with Gasteiger partial charge in [0.25, 0.3) is 5.91 Å². The van der Waals surface area contributed by atoms with Crippen LogP contribution in [-0.4, -0.2) is 57.1 Å². The van der Waals surface area contributed by atoms with Gasteiger partial charge in [-0.2, -0.15) is 0 Å². The summed E-state index contributed by atoms with van der Waals surface area (Å²) in [4.78, 5) is 27.3. The summed E-state index contributed by atoms with van der Waals surface area (Å²) in [6.45, 7) is 2.45. The molecule has 6 nitrogen and oxygen atoms in total. The SMILES string of the molecule is CNCCN(C)C(=O)c1ccc(Cl)c(N2CCNC2=O)c1.Cl. The molecule has 2 N–H and O–H groups in total. The van der Waals surface area contributed by atoms with Crippen LogP contribution in [0.3, 0.4) is 0 Å². The van der Waals surface area contributed by atoms with E-state index in [0.29, 0.717) is 35.9 Å². The number of rotatable bonds is 5. The maximum absolute atomic E-state index is 12.3. The molecule has 0 spiro atoms. The fourth-order valence-electron chi connectivity index (χ4n) is 2.16. The van der Waals surface area contributed by atoms with Crippen LogP contribution in [0.4, 0.5) is 10.5 Å². The molecule has 0 radical (unpaired) electrons. The van der Waals surface area contributed by atoms with E-state index in [-0.39, 0.29) is 24.3 Å². The van der Waals surface area contributed by atoms with Gasteiger partial charge in [0, 0.05) is 38.8 Å².